The van der Waals surface area contributed by atoms with E-state index in [4.69, 9.17) is 11.1 Å². The summed E-state index contributed by atoms with van der Waals surface area (Å²) < 4.78 is 1.05. The molecule has 4 heteroatoms. The first kappa shape index (κ1) is 24.8. The summed E-state index contributed by atoms with van der Waals surface area (Å²) in [5.41, 5.74) is 5.39. The van der Waals surface area contributed by atoms with Crippen LogP contribution in [0.3, 0.4) is 0 Å². The van der Waals surface area contributed by atoms with Gasteiger partial charge in [-0.05, 0) is 12.8 Å². The van der Waals surface area contributed by atoms with E-state index >= 15 is 0 Å². The van der Waals surface area contributed by atoms with Crippen LogP contribution < -0.4 is 5.73 Å². The van der Waals surface area contributed by atoms with Crippen molar-refractivity contribution in [2.24, 2.45) is 5.73 Å². The Morgan fingerprint density at radius 3 is 1.52 bits per heavy atom. The fraction of sp³-hybridized carbons (Fsp3) is 0.952. The van der Waals surface area contributed by atoms with Gasteiger partial charge < -0.3 is 10.2 Å². The maximum atomic E-state index is 7.26. The molecule has 0 aromatic carbocycles. The molecule has 3 nitrogen and oxygen atoms in total. The van der Waals surface area contributed by atoms with Crippen molar-refractivity contribution < 1.29 is 4.48 Å². The highest BCUT2D eigenvalue weighted by Crippen LogP contribution is 2.13. The van der Waals surface area contributed by atoms with Crippen LogP contribution in [-0.4, -0.2) is 42.6 Å². The number of nitrogens with zero attached hydrogens (tertiary/aromatic N) is 1. The zero-order valence-electron chi connectivity index (χ0n) is 17.5. The molecule has 0 saturated carbocycles. The van der Waals surface area contributed by atoms with Gasteiger partial charge in [0.15, 0.2) is 5.17 Å². The van der Waals surface area contributed by atoms with Crippen LogP contribution >= 0.6 is 11.8 Å². The second-order valence-electron chi connectivity index (χ2n) is 8.19. The smallest absolute Gasteiger partial charge is 0.151 e. The van der Waals surface area contributed by atoms with E-state index in [1.807, 2.05) is 0 Å². The number of hydrogen-bond acceptors (Lipinski definition) is 2. The molecular formula is C21H46N3S+. The summed E-state index contributed by atoms with van der Waals surface area (Å²) >= 11 is 1.47. The molecule has 0 heterocycles. The summed E-state index contributed by atoms with van der Waals surface area (Å²) in [5, 5.41) is 7.50. The maximum absolute atomic E-state index is 7.26. The normalized spacial score (nSPS) is 11.8. The topological polar surface area (TPSA) is 49.9 Å². The van der Waals surface area contributed by atoms with Crippen LogP contribution in [-0.2, 0) is 0 Å². The lowest BCUT2D eigenvalue weighted by molar-refractivity contribution is -0.888. The summed E-state index contributed by atoms with van der Waals surface area (Å²) in [6.45, 7) is 4.63. The predicted octanol–water partition coefficient (Wildman–Crippen LogP) is 6.17. The van der Waals surface area contributed by atoms with Gasteiger partial charge in [0.2, 0.25) is 0 Å². The Balaban J connectivity index is 3.26. The van der Waals surface area contributed by atoms with Crippen LogP contribution in [0.5, 0.6) is 0 Å². The minimum atomic E-state index is 0.247. The largest absolute Gasteiger partial charge is 0.379 e. The number of rotatable bonds is 18. The quantitative estimate of drug-likeness (QED) is 0.131. The molecule has 150 valence electrons. The molecule has 0 saturated heterocycles. The molecule has 0 aliphatic heterocycles. The first-order chi connectivity index (χ1) is 12.0. The van der Waals surface area contributed by atoms with Gasteiger partial charge in [0.05, 0.1) is 32.9 Å². The Labute approximate surface area is 162 Å². The van der Waals surface area contributed by atoms with Crippen molar-refractivity contribution >= 4 is 16.9 Å². The summed E-state index contributed by atoms with van der Waals surface area (Å²) in [4.78, 5) is 0. The SMILES string of the molecule is CCCCCCCCCCCCCCCC[N+](C)(C)CCSC(=N)N. The van der Waals surface area contributed by atoms with Crippen LogP contribution in [0.15, 0.2) is 0 Å². The standard InChI is InChI=1S/C21H46N3S/c1-4-5-6-7-8-9-10-11-12-13-14-15-16-17-18-24(2,3)19-20-25-21(22)23/h4-20H2,1-3H3,(H3,22,23)/q+1. The number of nitrogens with one attached hydrogen (secondary N) is 1. The Bertz CT molecular complexity index is 306. The summed E-state index contributed by atoms with van der Waals surface area (Å²) in [6, 6.07) is 0. The van der Waals surface area contributed by atoms with E-state index < -0.39 is 0 Å². The second kappa shape index (κ2) is 17.2. The Morgan fingerprint density at radius 2 is 1.12 bits per heavy atom. The molecule has 0 rings (SSSR count). The van der Waals surface area contributed by atoms with Crippen molar-refractivity contribution in [1.82, 2.24) is 0 Å². The van der Waals surface area contributed by atoms with Gasteiger partial charge in [-0.2, -0.15) is 0 Å². The average molecular weight is 373 g/mol. The van der Waals surface area contributed by atoms with Crippen LogP contribution in [0.4, 0.5) is 0 Å². The molecule has 0 bridgehead atoms. The van der Waals surface area contributed by atoms with Crippen molar-refractivity contribution in [3.8, 4) is 0 Å². The fourth-order valence-electron chi connectivity index (χ4n) is 3.25. The molecule has 0 fully saturated rings. The molecule has 0 radical (unpaired) electrons. The number of thioether (sulfide) groups is 1. The molecule has 25 heavy (non-hydrogen) atoms. The molecule has 0 aliphatic rings. The average Bonchev–Trinajstić information content (AvgIpc) is 2.54. The number of nitrogens with two attached hydrogens (primary N) is 1. The van der Waals surface area contributed by atoms with Crippen molar-refractivity contribution in [3.63, 3.8) is 0 Å². The molecule has 0 amide bonds. The highest BCUT2D eigenvalue weighted by Gasteiger charge is 2.14. The molecule has 0 aliphatic carbocycles. The third-order valence-electron chi connectivity index (χ3n) is 5.07. The van der Waals surface area contributed by atoms with Gasteiger partial charge in [-0.3, -0.25) is 5.41 Å². The lowest BCUT2D eigenvalue weighted by Crippen LogP contribution is -2.42. The molecule has 0 aromatic rings. The Morgan fingerprint density at radius 1 is 0.720 bits per heavy atom. The summed E-state index contributed by atoms with van der Waals surface area (Å²) in [7, 11) is 4.59. The summed E-state index contributed by atoms with van der Waals surface area (Å²) in [5.74, 6) is 0.959. The molecule has 0 atom stereocenters. The zero-order valence-corrected chi connectivity index (χ0v) is 18.3. The van der Waals surface area contributed by atoms with Crippen molar-refractivity contribution in [2.75, 3.05) is 32.9 Å². The van der Waals surface area contributed by atoms with Gasteiger partial charge in [0, 0.05) is 0 Å². The van der Waals surface area contributed by atoms with Gasteiger partial charge in [0.1, 0.15) is 0 Å². The Hall–Kier alpha value is -0.220. The first-order valence-corrected chi connectivity index (χ1v) is 11.8. The first-order valence-electron chi connectivity index (χ1n) is 10.8. The monoisotopic (exact) mass is 372 g/mol. The van der Waals surface area contributed by atoms with Crippen LogP contribution in [0, 0.1) is 5.41 Å². The van der Waals surface area contributed by atoms with Crippen molar-refractivity contribution in [2.45, 2.75) is 96.8 Å². The van der Waals surface area contributed by atoms with E-state index in [0.29, 0.717) is 0 Å². The van der Waals surface area contributed by atoms with Crippen LogP contribution in [0.25, 0.3) is 0 Å². The van der Waals surface area contributed by atoms with Crippen LogP contribution in [0.2, 0.25) is 0 Å². The van der Waals surface area contributed by atoms with Gasteiger partial charge in [-0.1, -0.05) is 95.7 Å². The number of hydrogen-bond donors (Lipinski definition) is 2. The van der Waals surface area contributed by atoms with Crippen LogP contribution in [0.1, 0.15) is 96.8 Å². The Kier molecular flexibility index (Phi) is 17.1. The third-order valence-corrected chi connectivity index (χ3v) is 5.77. The van der Waals surface area contributed by atoms with E-state index in [0.717, 1.165) is 16.8 Å². The fourth-order valence-corrected chi connectivity index (χ4v) is 4.05. The lowest BCUT2D eigenvalue weighted by Gasteiger charge is -2.29. The van der Waals surface area contributed by atoms with E-state index in [1.54, 1.807) is 0 Å². The van der Waals surface area contributed by atoms with Crippen molar-refractivity contribution in [1.29, 1.82) is 5.41 Å². The minimum absolute atomic E-state index is 0.247. The second-order valence-corrected chi connectivity index (χ2v) is 9.33. The number of unbranched alkanes of at least 4 members (excludes halogenated alkanes) is 13. The van der Waals surface area contributed by atoms with E-state index in [2.05, 4.69) is 21.0 Å². The number of amidine groups is 1. The van der Waals surface area contributed by atoms with Gasteiger partial charge in [-0.15, -0.1) is 0 Å². The lowest BCUT2D eigenvalue weighted by atomic mass is 10.0. The zero-order chi connectivity index (χ0) is 18.8. The molecule has 0 unspecified atom stereocenters. The third kappa shape index (κ3) is 19.9. The van der Waals surface area contributed by atoms with Gasteiger partial charge in [0.25, 0.3) is 0 Å². The van der Waals surface area contributed by atoms with E-state index in [-0.39, 0.29) is 5.17 Å². The predicted molar refractivity (Wildman–Crippen MR) is 117 cm³/mol. The van der Waals surface area contributed by atoms with E-state index in [1.165, 1.54) is 108 Å². The molecule has 0 aromatic heterocycles. The van der Waals surface area contributed by atoms with Gasteiger partial charge >= 0.3 is 0 Å². The maximum Gasteiger partial charge on any atom is 0.151 e. The summed E-state index contributed by atoms with van der Waals surface area (Å²) in [6.07, 6.45) is 19.9. The highest BCUT2D eigenvalue weighted by molar-refractivity contribution is 8.13. The minimum Gasteiger partial charge on any atom is -0.379 e. The number of quaternary nitrogens is 1. The molecular weight excluding hydrogens is 326 g/mol. The van der Waals surface area contributed by atoms with E-state index in [9.17, 15) is 0 Å². The van der Waals surface area contributed by atoms with Gasteiger partial charge in [-0.25, -0.2) is 0 Å². The highest BCUT2D eigenvalue weighted by atomic mass is 32.2. The van der Waals surface area contributed by atoms with Crippen molar-refractivity contribution in [3.05, 3.63) is 0 Å². The molecule has 0 spiro atoms. The molecule has 3 N–H and O–H groups in total.